The van der Waals surface area contributed by atoms with Crippen molar-refractivity contribution >= 4 is 24.2 Å². The maximum absolute atomic E-state index is 12.9. The summed E-state index contributed by atoms with van der Waals surface area (Å²) in [5.74, 6) is 0. The lowest BCUT2D eigenvalue weighted by Gasteiger charge is -2.16. The highest BCUT2D eigenvalue weighted by molar-refractivity contribution is 7.94. The summed E-state index contributed by atoms with van der Waals surface area (Å²) in [4.78, 5) is 22.1. The maximum atomic E-state index is 12.9. The Labute approximate surface area is 142 Å². The fourth-order valence-corrected chi connectivity index (χ4v) is 1.70. The lowest BCUT2D eigenvalue weighted by Crippen LogP contribution is -2.34. The van der Waals surface area contributed by atoms with Crippen LogP contribution in [0, 0.1) is 0 Å². The molecule has 0 aromatic carbocycles. The van der Waals surface area contributed by atoms with Gasteiger partial charge in [-0.05, 0) is 19.8 Å². The zero-order valence-corrected chi connectivity index (χ0v) is 14.2. The zero-order chi connectivity index (χ0) is 18.4. The fourth-order valence-electron chi connectivity index (χ4n) is 1.52. The highest BCUT2D eigenvalue weighted by Crippen LogP contribution is 2.32. The van der Waals surface area contributed by atoms with Crippen LogP contribution >= 0.6 is 12.0 Å². The van der Waals surface area contributed by atoms with E-state index in [9.17, 15) is 22.8 Å². The number of alkyl carbamates (subject to hydrolysis) is 2. The largest absolute Gasteiger partial charge is 0.450 e. The molecule has 2 amide bonds. The summed E-state index contributed by atoms with van der Waals surface area (Å²) in [5, 5.41) is 0.855. The van der Waals surface area contributed by atoms with Crippen LogP contribution in [-0.2, 0) is 9.47 Å². The van der Waals surface area contributed by atoms with E-state index >= 15 is 0 Å². The van der Waals surface area contributed by atoms with Gasteiger partial charge in [-0.3, -0.25) is 0 Å². The summed E-state index contributed by atoms with van der Waals surface area (Å²) in [6.07, 6.45) is -1.29. The number of nitrogens with one attached hydrogen (secondary N) is 2. The van der Waals surface area contributed by atoms with Crippen molar-refractivity contribution in [3.05, 3.63) is 0 Å². The predicted octanol–water partition coefficient (Wildman–Crippen LogP) is 3.16. The number of ether oxygens (including phenoxy) is 2. The zero-order valence-electron chi connectivity index (χ0n) is 13.4. The molecular weight excluding hydrogens is 353 g/mol. The summed E-state index contributed by atoms with van der Waals surface area (Å²) in [5.41, 5.74) is 0. The number of carbonyl (C=O) groups is 2. The molecule has 0 rings (SSSR count). The van der Waals surface area contributed by atoms with E-state index in [2.05, 4.69) is 20.1 Å². The van der Waals surface area contributed by atoms with Crippen LogP contribution < -0.4 is 10.6 Å². The van der Waals surface area contributed by atoms with E-state index in [1.54, 1.807) is 6.92 Å². The summed E-state index contributed by atoms with van der Waals surface area (Å²) in [6.45, 7) is 1.62. The average molecular weight is 376 g/mol. The first-order chi connectivity index (χ1) is 11.3. The fraction of sp³-hybridized carbons (Fsp3) is 0.846. The van der Waals surface area contributed by atoms with Crippen LogP contribution in [0.3, 0.4) is 0 Å². The molecule has 3 N–H and O–H groups in total. The molecule has 1 atom stereocenters. The average Bonchev–Trinajstić information content (AvgIpc) is 2.55. The molecule has 11 heteroatoms. The number of rotatable bonds is 12. The van der Waals surface area contributed by atoms with Crippen LogP contribution in [0.2, 0.25) is 0 Å². The van der Waals surface area contributed by atoms with Gasteiger partial charge in [0.15, 0.2) is 0 Å². The molecule has 0 aliphatic carbocycles. The van der Waals surface area contributed by atoms with Gasteiger partial charge < -0.3 is 24.7 Å². The topological polar surface area (TPSA) is 96.9 Å². The van der Waals surface area contributed by atoms with Gasteiger partial charge in [-0.1, -0.05) is 12.8 Å². The van der Waals surface area contributed by atoms with E-state index in [1.807, 2.05) is 0 Å². The minimum absolute atomic E-state index is 0.256. The predicted molar refractivity (Wildman–Crippen MR) is 82.9 cm³/mol. The van der Waals surface area contributed by atoms with Gasteiger partial charge in [0.05, 0.1) is 18.6 Å². The van der Waals surface area contributed by atoms with E-state index in [0.29, 0.717) is 19.6 Å². The standard InChI is InChI=1S/C13H23F3N2O5S/c1-2-22-11(19)17-7-5-3-4-6-8-18-12(20)23-9-10(14)13(15,16)24-21/h10,21H,2-9H2,1H3,(H,17,19)(H,18,20). The van der Waals surface area contributed by atoms with Crippen molar-refractivity contribution in [2.75, 3.05) is 26.3 Å². The Morgan fingerprint density at radius 2 is 1.58 bits per heavy atom. The van der Waals surface area contributed by atoms with Crippen LogP contribution in [0.25, 0.3) is 0 Å². The van der Waals surface area contributed by atoms with Crippen LogP contribution in [0.4, 0.5) is 22.8 Å². The summed E-state index contributed by atoms with van der Waals surface area (Å²) in [7, 11) is 0. The van der Waals surface area contributed by atoms with Gasteiger partial charge in [-0.25, -0.2) is 14.0 Å². The van der Waals surface area contributed by atoms with Gasteiger partial charge in [-0.2, -0.15) is 8.78 Å². The van der Waals surface area contributed by atoms with Crippen molar-refractivity contribution in [1.29, 1.82) is 0 Å². The van der Waals surface area contributed by atoms with Gasteiger partial charge in [-0.15, -0.1) is 0 Å². The molecule has 0 bridgehead atoms. The highest BCUT2D eigenvalue weighted by atomic mass is 32.2. The molecule has 0 aromatic heterocycles. The number of unbranched alkanes of at least 4 members (excludes halogenated alkanes) is 3. The second-order valence-electron chi connectivity index (χ2n) is 4.71. The van der Waals surface area contributed by atoms with Crippen molar-refractivity contribution in [3.63, 3.8) is 0 Å². The van der Waals surface area contributed by atoms with E-state index in [1.165, 1.54) is 0 Å². The second kappa shape index (κ2) is 13.0. The molecule has 0 aliphatic heterocycles. The SMILES string of the molecule is CCOC(=O)NCCCCCCNC(=O)OCC(F)C(F)(F)SO. The summed E-state index contributed by atoms with van der Waals surface area (Å²) in [6, 6.07) is 0. The molecule has 0 spiro atoms. The number of amides is 2. The molecule has 0 aromatic rings. The Morgan fingerprint density at radius 1 is 1.08 bits per heavy atom. The molecule has 0 aliphatic rings. The monoisotopic (exact) mass is 376 g/mol. The van der Waals surface area contributed by atoms with Crippen molar-refractivity contribution in [1.82, 2.24) is 10.6 Å². The number of halogens is 3. The third-order valence-electron chi connectivity index (χ3n) is 2.76. The molecule has 142 valence electrons. The van der Waals surface area contributed by atoms with Gasteiger partial charge in [0.25, 0.3) is 0 Å². The Bertz CT molecular complexity index is 378. The first-order valence-electron chi connectivity index (χ1n) is 7.49. The van der Waals surface area contributed by atoms with Crippen molar-refractivity contribution < 1.29 is 36.8 Å². The van der Waals surface area contributed by atoms with Crippen LogP contribution in [0.1, 0.15) is 32.6 Å². The molecule has 0 heterocycles. The second-order valence-corrected chi connectivity index (χ2v) is 5.43. The van der Waals surface area contributed by atoms with Crippen LogP contribution in [-0.4, -0.2) is 54.5 Å². The molecule has 0 fully saturated rings. The minimum atomic E-state index is -4.02. The number of hydrogen-bond acceptors (Lipinski definition) is 6. The molecule has 0 radical (unpaired) electrons. The summed E-state index contributed by atoms with van der Waals surface area (Å²) < 4.78 is 55.4. The van der Waals surface area contributed by atoms with Gasteiger partial charge in [0, 0.05) is 13.1 Å². The van der Waals surface area contributed by atoms with E-state index < -0.39 is 42.3 Å². The first-order valence-corrected chi connectivity index (χ1v) is 8.26. The van der Waals surface area contributed by atoms with Gasteiger partial charge in [0.2, 0.25) is 6.17 Å². The van der Waals surface area contributed by atoms with Crippen LogP contribution in [0.5, 0.6) is 0 Å². The van der Waals surface area contributed by atoms with Crippen molar-refractivity contribution in [2.45, 2.75) is 44.0 Å². The van der Waals surface area contributed by atoms with Gasteiger partial charge >= 0.3 is 17.4 Å². The molecule has 0 saturated carbocycles. The third kappa shape index (κ3) is 11.2. The van der Waals surface area contributed by atoms with Crippen LogP contribution in [0.15, 0.2) is 0 Å². The lowest BCUT2D eigenvalue weighted by atomic mass is 10.2. The quantitative estimate of drug-likeness (QED) is 0.358. The van der Waals surface area contributed by atoms with Gasteiger partial charge in [0.1, 0.15) is 6.61 Å². The Morgan fingerprint density at radius 3 is 2.04 bits per heavy atom. The number of alkyl halides is 3. The Kier molecular flexibility index (Phi) is 12.3. The van der Waals surface area contributed by atoms with Crippen molar-refractivity contribution in [2.24, 2.45) is 0 Å². The Hall–Kier alpha value is -1.36. The normalized spacial score (nSPS) is 12.4. The lowest BCUT2D eigenvalue weighted by molar-refractivity contribution is -0.0204. The highest BCUT2D eigenvalue weighted by Gasteiger charge is 2.42. The maximum Gasteiger partial charge on any atom is 0.407 e. The molecule has 1 unspecified atom stereocenters. The Balaban J connectivity index is 3.51. The molecule has 0 saturated heterocycles. The first kappa shape index (κ1) is 22.6. The molecular formula is C13H23F3N2O5S. The third-order valence-corrected chi connectivity index (χ3v) is 3.26. The smallest absolute Gasteiger partial charge is 0.407 e. The van der Waals surface area contributed by atoms with E-state index in [4.69, 9.17) is 4.55 Å². The molecule has 7 nitrogen and oxygen atoms in total. The minimum Gasteiger partial charge on any atom is -0.450 e. The summed E-state index contributed by atoms with van der Waals surface area (Å²) >= 11 is -0.932. The van der Waals surface area contributed by atoms with E-state index in [-0.39, 0.29) is 6.54 Å². The number of carbonyl (C=O) groups excluding carboxylic acids is 2. The number of hydrogen-bond donors (Lipinski definition) is 3. The molecule has 24 heavy (non-hydrogen) atoms. The van der Waals surface area contributed by atoms with E-state index in [0.717, 1.165) is 19.3 Å². The van der Waals surface area contributed by atoms with Crippen molar-refractivity contribution in [3.8, 4) is 0 Å².